The lowest BCUT2D eigenvalue weighted by atomic mass is 9.94. The molecule has 0 aliphatic rings. The number of hydrogen-bond acceptors (Lipinski definition) is 5. The zero-order chi connectivity index (χ0) is 29.2. The number of aromatic nitrogens is 1. The number of nitrogens with zero attached hydrogens (tertiary/aromatic N) is 1. The average molecular weight is 558 g/mol. The Labute approximate surface area is 240 Å². The van der Waals surface area contributed by atoms with E-state index in [-0.39, 0.29) is 12.5 Å². The number of carbonyl (C=O) groups is 1. The second kappa shape index (κ2) is 14.4. The van der Waals surface area contributed by atoms with Crippen molar-refractivity contribution in [2.24, 2.45) is 0 Å². The Morgan fingerprint density at radius 2 is 1.76 bits per heavy atom. The van der Waals surface area contributed by atoms with Crippen LogP contribution in [0.25, 0.3) is 22.6 Å². The van der Waals surface area contributed by atoms with Gasteiger partial charge in [-0.3, -0.25) is 0 Å². The maximum absolute atomic E-state index is 11.7. The number of hydrogen-bond donors (Lipinski definition) is 3. The molecule has 3 N–H and O–H groups in total. The summed E-state index contributed by atoms with van der Waals surface area (Å²) in [5.74, 6) is -0.109. The molecule has 0 saturated heterocycles. The highest BCUT2D eigenvalue weighted by Crippen LogP contribution is 2.30. The molecule has 0 aliphatic heterocycles. The first kappa shape index (κ1) is 29.7. The number of aryl methyl sites for hydroxylation is 1. The van der Waals surface area contributed by atoms with Gasteiger partial charge in [0.15, 0.2) is 5.76 Å². The Bertz CT molecular complexity index is 1460. The zero-order valence-electron chi connectivity index (χ0n) is 23.7. The first-order chi connectivity index (χ1) is 19.9. The predicted octanol–water partition coefficient (Wildman–Crippen LogP) is 5.25. The van der Waals surface area contributed by atoms with Crippen LogP contribution in [0.5, 0.6) is 0 Å². The SMILES string of the molecule is CCC[C@H]([NH+]=C(O)c1ccc(CO[C@@H](COCC)c2cnc(-c3ccccc3)o2)cc1-c1ccccc1C)C(=O)O. The van der Waals surface area contributed by atoms with Crippen molar-refractivity contribution in [2.45, 2.75) is 52.4 Å². The van der Waals surface area contributed by atoms with Crippen molar-refractivity contribution in [1.29, 1.82) is 0 Å². The van der Waals surface area contributed by atoms with Gasteiger partial charge in [-0.05, 0) is 66.8 Å². The molecule has 8 heteroatoms. The van der Waals surface area contributed by atoms with Crippen LogP contribution < -0.4 is 4.99 Å². The summed E-state index contributed by atoms with van der Waals surface area (Å²) in [4.78, 5) is 18.9. The number of aliphatic hydroxyl groups is 1. The highest BCUT2D eigenvalue weighted by atomic mass is 16.5. The summed E-state index contributed by atoms with van der Waals surface area (Å²) in [6.07, 6.45) is 2.24. The van der Waals surface area contributed by atoms with E-state index in [0.717, 1.165) is 27.8 Å². The van der Waals surface area contributed by atoms with Crippen LogP contribution in [0.4, 0.5) is 0 Å². The summed E-state index contributed by atoms with van der Waals surface area (Å²) in [6, 6.07) is 22.2. The summed E-state index contributed by atoms with van der Waals surface area (Å²) in [7, 11) is 0. The second-order valence-corrected chi connectivity index (χ2v) is 9.76. The minimum absolute atomic E-state index is 0.180. The standard InChI is InChI=1S/C33H36N2O6/c1-4-11-28(33(37)38)35-31(36)26-17-16-23(18-27(26)25-15-10-9-12-22(25)3)20-40-30(21-39-5-2)29-19-34-32(41-29)24-13-7-6-8-14-24/h6-10,12-19,28,30H,4-5,11,20-21H2,1-3H3,(H,35,36)(H,37,38)/p+1/t28-,30-/m0/s1. The molecule has 0 unspecified atom stereocenters. The molecule has 0 bridgehead atoms. The molecule has 0 spiro atoms. The Kier molecular flexibility index (Phi) is 10.4. The molecule has 8 nitrogen and oxygen atoms in total. The fourth-order valence-corrected chi connectivity index (χ4v) is 4.56. The van der Waals surface area contributed by atoms with Gasteiger partial charge >= 0.3 is 11.9 Å². The third-order valence-electron chi connectivity index (χ3n) is 6.75. The van der Waals surface area contributed by atoms with E-state index < -0.39 is 18.1 Å². The molecular formula is C33H37N2O6+. The fraction of sp³-hybridized carbons (Fsp3) is 0.303. The van der Waals surface area contributed by atoms with Gasteiger partial charge in [0.1, 0.15) is 6.10 Å². The number of benzene rings is 3. The largest absolute Gasteiger partial charge is 0.476 e. The summed E-state index contributed by atoms with van der Waals surface area (Å²) < 4.78 is 18.0. The van der Waals surface area contributed by atoms with Gasteiger partial charge in [-0.15, -0.1) is 0 Å². The second-order valence-electron chi connectivity index (χ2n) is 9.76. The van der Waals surface area contributed by atoms with Crippen LogP contribution in [0.1, 0.15) is 55.2 Å². The smallest absolute Gasteiger partial charge is 0.373 e. The minimum Gasteiger partial charge on any atom is -0.476 e. The summed E-state index contributed by atoms with van der Waals surface area (Å²) in [5, 5.41) is 20.6. The monoisotopic (exact) mass is 557 g/mol. The van der Waals surface area contributed by atoms with Crippen molar-refractivity contribution in [2.75, 3.05) is 13.2 Å². The van der Waals surface area contributed by atoms with E-state index in [1.807, 2.05) is 87.5 Å². The van der Waals surface area contributed by atoms with Gasteiger partial charge in [0.2, 0.25) is 11.9 Å². The van der Waals surface area contributed by atoms with E-state index in [1.54, 1.807) is 12.3 Å². The van der Waals surface area contributed by atoms with Gasteiger partial charge in [-0.1, -0.05) is 55.5 Å². The molecule has 0 saturated carbocycles. The van der Waals surface area contributed by atoms with Gasteiger partial charge in [0, 0.05) is 18.6 Å². The molecule has 3 aromatic carbocycles. The molecule has 0 aliphatic carbocycles. The van der Waals surface area contributed by atoms with Crippen LogP contribution in [0.3, 0.4) is 0 Å². The third kappa shape index (κ3) is 7.68. The molecule has 214 valence electrons. The normalized spacial score (nSPS) is 13.2. The number of ether oxygens (including phenoxy) is 2. The van der Waals surface area contributed by atoms with Crippen molar-refractivity contribution >= 4 is 11.9 Å². The van der Waals surface area contributed by atoms with Crippen molar-refractivity contribution in [3.8, 4) is 22.6 Å². The Morgan fingerprint density at radius 3 is 2.46 bits per heavy atom. The molecule has 41 heavy (non-hydrogen) atoms. The van der Waals surface area contributed by atoms with Crippen molar-refractivity contribution < 1.29 is 33.9 Å². The van der Waals surface area contributed by atoms with Gasteiger partial charge in [-0.2, -0.15) is 4.99 Å². The highest BCUT2D eigenvalue weighted by molar-refractivity contribution is 5.97. The summed E-state index contributed by atoms with van der Waals surface area (Å²) in [6.45, 7) is 6.91. The van der Waals surface area contributed by atoms with Crippen LogP contribution >= 0.6 is 0 Å². The summed E-state index contributed by atoms with van der Waals surface area (Å²) >= 11 is 0. The molecule has 0 amide bonds. The third-order valence-corrected chi connectivity index (χ3v) is 6.75. The Morgan fingerprint density at radius 1 is 1.00 bits per heavy atom. The first-order valence-corrected chi connectivity index (χ1v) is 13.9. The lowest BCUT2D eigenvalue weighted by Crippen LogP contribution is -2.82. The van der Waals surface area contributed by atoms with Crippen molar-refractivity contribution in [3.05, 3.63) is 101 Å². The number of oxazole rings is 1. The molecule has 0 fully saturated rings. The maximum atomic E-state index is 11.7. The van der Waals surface area contributed by atoms with Gasteiger partial charge in [0.25, 0.3) is 0 Å². The van der Waals surface area contributed by atoms with Crippen molar-refractivity contribution in [1.82, 2.24) is 4.98 Å². The highest BCUT2D eigenvalue weighted by Gasteiger charge is 2.25. The number of nitrogens with one attached hydrogen (secondary N) is 1. The lowest BCUT2D eigenvalue weighted by molar-refractivity contribution is -0.499. The van der Waals surface area contributed by atoms with Gasteiger partial charge < -0.3 is 24.1 Å². The van der Waals surface area contributed by atoms with E-state index in [4.69, 9.17) is 13.9 Å². The first-order valence-electron chi connectivity index (χ1n) is 13.9. The van der Waals surface area contributed by atoms with Crippen LogP contribution in [0.2, 0.25) is 0 Å². The minimum atomic E-state index is -1.01. The number of carboxylic acids is 1. The van der Waals surface area contributed by atoms with Crippen molar-refractivity contribution in [3.63, 3.8) is 0 Å². The number of rotatable bonds is 14. The van der Waals surface area contributed by atoms with E-state index in [0.29, 0.717) is 43.3 Å². The van der Waals surface area contributed by atoms with Gasteiger partial charge in [-0.25, -0.2) is 9.78 Å². The molecular weight excluding hydrogens is 520 g/mol. The molecule has 0 radical (unpaired) electrons. The van der Waals surface area contributed by atoms with Crippen LogP contribution in [0.15, 0.2) is 83.4 Å². The molecule has 1 aromatic heterocycles. The Balaban J connectivity index is 1.63. The molecule has 2 atom stereocenters. The average Bonchev–Trinajstić information content (AvgIpc) is 3.48. The Hall–Kier alpha value is -4.27. The number of aliphatic carboxylic acids is 1. The number of carboxylic acid groups (broad SMARTS) is 1. The van der Waals surface area contributed by atoms with E-state index >= 15 is 0 Å². The van der Waals surface area contributed by atoms with Gasteiger partial charge in [0.05, 0.1) is 25.0 Å². The maximum Gasteiger partial charge on any atom is 0.373 e. The quantitative estimate of drug-likeness (QED) is 0.143. The van der Waals surface area contributed by atoms with Crippen LogP contribution in [-0.2, 0) is 20.9 Å². The van der Waals surface area contributed by atoms with Crippen LogP contribution in [-0.4, -0.2) is 46.3 Å². The lowest BCUT2D eigenvalue weighted by Gasteiger charge is -2.17. The topological polar surface area (TPSA) is 116 Å². The molecule has 1 heterocycles. The summed E-state index contributed by atoms with van der Waals surface area (Å²) in [5.41, 5.74) is 4.97. The van der Waals surface area contributed by atoms with E-state index in [1.165, 1.54) is 0 Å². The van der Waals surface area contributed by atoms with E-state index in [2.05, 4.69) is 9.98 Å². The fourth-order valence-electron chi connectivity index (χ4n) is 4.56. The zero-order valence-corrected chi connectivity index (χ0v) is 23.7. The molecule has 4 rings (SSSR count). The van der Waals surface area contributed by atoms with Crippen LogP contribution in [0, 0.1) is 6.92 Å². The molecule has 4 aromatic rings. The number of aliphatic hydroxyl groups excluding tert-OH is 1. The predicted molar refractivity (Wildman–Crippen MR) is 157 cm³/mol. The van der Waals surface area contributed by atoms with E-state index in [9.17, 15) is 15.0 Å².